The van der Waals surface area contributed by atoms with E-state index in [1.54, 1.807) is 20.8 Å². The Morgan fingerprint density at radius 2 is 1.96 bits per heavy atom. The molecule has 0 spiro atoms. The molecule has 0 fully saturated rings. The van der Waals surface area contributed by atoms with Crippen molar-refractivity contribution in [1.82, 2.24) is 5.32 Å². The second kappa shape index (κ2) is 7.98. The SMILES string of the molecule is COc1ccc(C(O)C(O)CNC(=O)OC(C)(C)C)c(C=O)c1O. The number of ether oxygens (including phenoxy) is 2. The van der Waals surface area contributed by atoms with E-state index in [2.05, 4.69) is 5.32 Å². The third-order valence-corrected chi connectivity index (χ3v) is 3.09. The predicted octanol–water partition coefficient (Wildman–Crippen LogP) is 1.13. The van der Waals surface area contributed by atoms with Crippen LogP contribution >= 0.6 is 0 Å². The molecule has 4 N–H and O–H groups in total. The molecule has 0 aliphatic carbocycles. The maximum Gasteiger partial charge on any atom is 0.407 e. The van der Waals surface area contributed by atoms with Gasteiger partial charge < -0.3 is 30.1 Å². The van der Waals surface area contributed by atoms with Gasteiger partial charge in [0, 0.05) is 6.54 Å². The molecule has 8 nitrogen and oxygen atoms in total. The van der Waals surface area contributed by atoms with Gasteiger partial charge in [0.2, 0.25) is 0 Å². The van der Waals surface area contributed by atoms with Gasteiger partial charge in [0.05, 0.1) is 12.7 Å². The minimum absolute atomic E-state index is 0.0155. The maximum atomic E-state index is 11.5. The Hall–Kier alpha value is -2.32. The summed E-state index contributed by atoms with van der Waals surface area (Å²) in [5.41, 5.74) is -0.875. The number of phenols is 1. The lowest BCUT2D eigenvalue weighted by Crippen LogP contribution is -2.39. The highest BCUT2D eigenvalue weighted by Crippen LogP contribution is 2.34. The molecule has 2 atom stereocenters. The number of carbonyl (C=O) groups is 2. The van der Waals surface area contributed by atoms with Gasteiger partial charge in [-0.3, -0.25) is 4.79 Å². The second-order valence-electron chi connectivity index (χ2n) is 6.13. The minimum Gasteiger partial charge on any atom is -0.504 e. The Morgan fingerprint density at radius 1 is 1.33 bits per heavy atom. The number of carbonyl (C=O) groups excluding carboxylic acids is 2. The summed E-state index contributed by atoms with van der Waals surface area (Å²) in [6.07, 6.45) is -3.31. The number of nitrogens with one attached hydrogen (secondary N) is 1. The number of aliphatic hydroxyl groups excluding tert-OH is 2. The molecule has 134 valence electrons. The Bertz CT molecular complexity index is 595. The van der Waals surface area contributed by atoms with Gasteiger partial charge in [-0.05, 0) is 32.4 Å². The number of benzene rings is 1. The predicted molar refractivity (Wildman–Crippen MR) is 85.2 cm³/mol. The molecule has 0 bridgehead atoms. The number of methoxy groups -OCH3 is 1. The molecular formula is C16H23NO7. The zero-order chi connectivity index (χ0) is 18.5. The van der Waals surface area contributed by atoms with Gasteiger partial charge in [-0.15, -0.1) is 0 Å². The van der Waals surface area contributed by atoms with Crippen LogP contribution in [0.25, 0.3) is 0 Å². The van der Waals surface area contributed by atoms with Crippen LogP contribution in [0.15, 0.2) is 12.1 Å². The lowest BCUT2D eigenvalue weighted by Gasteiger charge is -2.23. The summed E-state index contributed by atoms with van der Waals surface area (Å²) in [6.45, 7) is 4.76. The van der Waals surface area contributed by atoms with Crippen LogP contribution in [0, 0.1) is 0 Å². The van der Waals surface area contributed by atoms with Crippen molar-refractivity contribution in [2.24, 2.45) is 0 Å². The first kappa shape index (κ1) is 19.7. The molecule has 1 amide bonds. The normalized spacial score (nSPS) is 13.8. The van der Waals surface area contributed by atoms with Crippen molar-refractivity contribution in [3.63, 3.8) is 0 Å². The summed E-state index contributed by atoms with van der Waals surface area (Å²) in [4.78, 5) is 22.7. The molecule has 0 aliphatic rings. The Balaban J connectivity index is 2.83. The Labute approximate surface area is 140 Å². The molecule has 8 heteroatoms. The minimum atomic E-state index is -1.50. The van der Waals surface area contributed by atoms with E-state index in [1.807, 2.05) is 0 Å². The molecule has 1 aromatic carbocycles. The quantitative estimate of drug-likeness (QED) is 0.572. The fraction of sp³-hybridized carbons (Fsp3) is 0.500. The van der Waals surface area contributed by atoms with Crippen molar-refractivity contribution < 1.29 is 34.4 Å². The van der Waals surface area contributed by atoms with Crippen LogP contribution in [0.4, 0.5) is 4.79 Å². The molecule has 24 heavy (non-hydrogen) atoms. The van der Waals surface area contributed by atoms with E-state index in [0.717, 1.165) is 0 Å². The number of aldehydes is 1. The van der Waals surface area contributed by atoms with E-state index in [-0.39, 0.29) is 23.4 Å². The van der Waals surface area contributed by atoms with Crippen molar-refractivity contribution in [2.45, 2.75) is 38.6 Å². The summed E-state index contributed by atoms with van der Waals surface area (Å²) in [7, 11) is 1.32. The number of phenolic OH excluding ortho intramolecular Hbond substituents is 1. The molecule has 2 unspecified atom stereocenters. The third-order valence-electron chi connectivity index (χ3n) is 3.09. The van der Waals surface area contributed by atoms with Crippen LogP contribution in [0.1, 0.15) is 42.8 Å². The number of alkyl carbamates (subject to hydrolysis) is 1. The van der Waals surface area contributed by atoms with Crippen molar-refractivity contribution >= 4 is 12.4 Å². The van der Waals surface area contributed by atoms with Crippen LogP contribution in [-0.4, -0.2) is 53.1 Å². The first-order valence-corrected chi connectivity index (χ1v) is 7.28. The van der Waals surface area contributed by atoms with Gasteiger partial charge in [0.25, 0.3) is 0 Å². The average molecular weight is 341 g/mol. The standard InChI is InChI=1S/C16H23NO7/c1-16(2,3)24-15(22)17-7-11(19)13(20)9-5-6-12(23-4)14(21)10(9)8-18/h5-6,8,11,13,19-21H,7H2,1-4H3,(H,17,22). The molecule has 1 aromatic rings. The number of amides is 1. The van der Waals surface area contributed by atoms with E-state index in [9.17, 15) is 24.9 Å². The number of aromatic hydroxyl groups is 1. The molecular weight excluding hydrogens is 318 g/mol. The second-order valence-corrected chi connectivity index (χ2v) is 6.13. The maximum absolute atomic E-state index is 11.5. The highest BCUT2D eigenvalue weighted by Gasteiger charge is 2.25. The first-order chi connectivity index (χ1) is 11.1. The zero-order valence-electron chi connectivity index (χ0n) is 14.1. The van der Waals surface area contributed by atoms with Crippen molar-refractivity contribution in [3.8, 4) is 11.5 Å². The summed E-state index contributed by atoms with van der Waals surface area (Å²) in [6, 6.07) is 2.71. The summed E-state index contributed by atoms with van der Waals surface area (Å²) in [5.74, 6) is -0.370. The van der Waals surface area contributed by atoms with Gasteiger partial charge in [-0.1, -0.05) is 6.07 Å². The van der Waals surface area contributed by atoms with Gasteiger partial charge in [0.1, 0.15) is 17.8 Å². The summed E-state index contributed by atoms with van der Waals surface area (Å²) in [5, 5.41) is 32.4. The lowest BCUT2D eigenvalue weighted by atomic mass is 9.98. The van der Waals surface area contributed by atoms with Gasteiger partial charge in [-0.2, -0.15) is 0 Å². The summed E-state index contributed by atoms with van der Waals surface area (Å²) < 4.78 is 9.89. The van der Waals surface area contributed by atoms with E-state index < -0.39 is 29.7 Å². The van der Waals surface area contributed by atoms with Gasteiger partial charge in [0.15, 0.2) is 17.8 Å². The fourth-order valence-corrected chi connectivity index (χ4v) is 1.97. The smallest absolute Gasteiger partial charge is 0.407 e. The molecule has 0 saturated heterocycles. The van der Waals surface area contributed by atoms with Crippen LogP contribution in [0.2, 0.25) is 0 Å². The van der Waals surface area contributed by atoms with E-state index in [0.29, 0.717) is 6.29 Å². The van der Waals surface area contributed by atoms with Crippen molar-refractivity contribution in [1.29, 1.82) is 0 Å². The van der Waals surface area contributed by atoms with Crippen LogP contribution in [0.3, 0.4) is 0 Å². The van der Waals surface area contributed by atoms with Crippen molar-refractivity contribution in [2.75, 3.05) is 13.7 Å². The van der Waals surface area contributed by atoms with E-state index >= 15 is 0 Å². The largest absolute Gasteiger partial charge is 0.504 e. The average Bonchev–Trinajstić information content (AvgIpc) is 2.49. The van der Waals surface area contributed by atoms with Crippen LogP contribution < -0.4 is 10.1 Å². The first-order valence-electron chi connectivity index (χ1n) is 7.28. The summed E-state index contributed by atoms with van der Waals surface area (Å²) >= 11 is 0. The Kier molecular flexibility index (Phi) is 6.56. The topological polar surface area (TPSA) is 125 Å². The number of rotatable bonds is 6. The van der Waals surface area contributed by atoms with Crippen LogP contribution in [-0.2, 0) is 4.74 Å². The molecule has 0 aromatic heterocycles. The van der Waals surface area contributed by atoms with E-state index in [4.69, 9.17) is 9.47 Å². The number of hydrogen-bond donors (Lipinski definition) is 4. The zero-order valence-corrected chi connectivity index (χ0v) is 14.1. The molecule has 0 aliphatic heterocycles. The van der Waals surface area contributed by atoms with E-state index in [1.165, 1.54) is 19.2 Å². The fourth-order valence-electron chi connectivity index (χ4n) is 1.97. The highest BCUT2D eigenvalue weighted by molar-refractivity contribution is 5.83. The van der Waals surface area contributed by atoms with Crippen molar-refractivity contribution in [3.05, 3.63) is 23.3 Å². The highest BCUT2D eigenvalue weighted by atomic mass is 16.6. The number of hydrogen-bond acceptors (Lipinski definition) is 7. The third kappa shape index (κ3) is 5.10. The molecule has 1 rings (SSSR count). The Morgan fingerprint density at radius 3 is 2.46 bits per heavy atom. The molecule has 0 saturated carbocycles. The van der Waals surface area contributed by atoms with Gasteiger partial charge >= 0.3 is 6.09 Å². The lowest BCUT2D eigenvalue weighted by molar-refractivity contribution is 0.0125. The van der Waals surface area contributed by atoms with Gasteiger partial charge in [-0.25, -0.2) is 4.79 Å². The molecule has 0 radical (unpaired) electrons. The molecule has 0 heterocycles. The monoisotopic (exact) mass is 341 g/mol. The van der Waals surface area contributed by atoms with Crippen LogP contribution in [0.5, 0.6) is 11.5 Å². The number of aliphatic hydroxyl groups is 2.